The SMILES string of the molecule is COc1ccc(CN(c2ccc(OC)c(OC)c2)S(=O)(=O)c2ccc(F)cc2C)cc1OC. The third-order valence-electron chi connectivity index (χ3n) is 5.13. The molecule has 0 heterocycles. The maximum Gasteiger partial charge on any atom is 0.264 e. The van der Waals surface area contributed by atoms with Gasteiger partial charge in [-0.25, -0.2) is 12.8 Å². The Morgan fingerprint density at radius 1 is 0.758 bits per heavy atom. The average molecular weight is 476 g/mol. The number of ether oxygens (including phenoxy) is 4. The van der Waals surface area contributed by atoms with E-state index in [1.165, 1.54) is 44.9 Å². The molecule has 0 N–H and O–H groups in total. The zero-order valence-corrected chi connectivity index (χ0v) is 19.9. The van der Waals surface area contributed by atoms with E-state index in [4.69, 9.17) is 18.9 Å². The summed E-state index contributed by atoms with van der Waals surface area (Å²) in [7, 11) is 1.92. The number of hydrogen-bond acceptors (Lipinski definition) is 6. The first-order valence-corrected chi connectivity index (χ1v) is 11.4. The van der Waals surface area contributed by atoms with Gasteiger partial charge in [-0.05, 0) is 60.5 Å². The first-order chi connectivity index (χ1) is 15.7. The Labute approximate surface area is 193 Å². The molecule has 3 rings (SSSR count). The molecule has 0 saturated carbocycles. The molecule has 0 spiro atoms. The van der Waals surface area contributed by atoms with E-state index in [-0.39, 0.29) is 11.4 Å². The summed E-state index contributed by atoms with van der Waals surface area (Å²) >= 11 is 0. The molecular formula is C24H26FNO6S. The predicted molar refractivity (Wildman–Crippen MR) is 124 cm³/mol. The van der Waals surface area contributed by atoms with Crippen LogP contribution < -0.4 is 23.3 Å². The van der Waals surface area contributed by atoms with Crippen LogP contribution in [0.15, 0.2) is 59.5 Å². The van der Waals surface area contributed by atoms with Gasteiger partial charge in [0.25, 0.3) is 10.0 Å². The lowest BCUT2D eigenvalue weighted by Crippen LogP contribution is -2.31. The molecule has 0 bridgehead atoms. The minimum absolute atomic E-state index is 0.000776. The van der Waals surface area contributed by atoms with Crippen LogP contribution >= 0.6 is 0 Å². The van der Waals surface area contributed by atoms with E-state index in [0.29, 0.717) is 39.8 Å². The van der Waals surface area contributed by atoms with Crippen LogP contribution in [0.4, 0.5) is 10.1 Å². The van der Waals surface area contributed by atoms with Gasteiger partial charge in [-0.2, -0.15) is 0 Å². The summed E-state index contributed by atoms with van der Waals surface area (Å²) in [6.45, 7) is 1.54. The summed E-state index contributed by atoms with van der Waals surface area (Å²) in [5.41, 5.74) is 1.31. The number of aryl methyl sites for hydroxylation is 1. The van der Waals surface area contributed by atoms with Gasteiger partial charge in [0.15, 0.2) is 23.0 Å². The average Bonchev–Trinajstić information content (AvgIpc) is 2.81. The minimum atomic E-state index is -4.08. The van der Waals surface area contributed by atoms with Crippen molar-refractivity contribution in [3.05, 3.63) is 71.5 Å². The Hall–Kier alpha value is -3.46. The van der Waals surface area contributed by atoms with Crippen molar-refractivity contribution in [2.75, 3.05) is 32.7 Å². The highest BCUT2D eigenvalue weighted by molar-refractivity contribution is 7.92. The molecule has 3 aromatic carbocycles. The third kappa shape index (κ3) is 4.98. The summed E-state index contributed by atoms with van der Waals surface area (Å²) in [5.74, 6) is 1.32. The van der Waals surface area contributed by atoms with Crippen molar-refractivity contribution < 1.29 is 31.8 Å². The van der Waals surface area contributed by atoms with Gasteiger partial charge in [-0.3, -0.25) is 4.31 Å². The van der Waals surface area contributed by atoms with Crippen molar-refractivity contribution in [3.8, 4) is 23.0 Å². The second-order valence-electron chi connectivity index (χ2n) is 7.15. The molecule has 0 aliphatic heterocycles. The van der Waals surface area contributed by atoms with E-state index in [0.717, 1.165) is 6.07 Å². The Balaban J connectivity index is 2.16. The Kier molecular flexibility index (Phi) is 7.33. The molecule has 0 aliphatic carbocycles. The number of sulfonamides is 1. The molecule has 0 saturated heterocycles. The van der Waals surface area contributed by atoms with Crippen LogP contribution in [0, 0.1) is 12.7 Å². The second-order valence-corrected chi connectivity index (χ2v) is 8.98. The van der Waals surface area contributed by atoms with Crippen LogP contribution in [0.1, 0.15) is 11.1 Å². The van der Waals surface area contributed by atoms with E-state index in [1.54, 1.807) is 43.3 Å². The molecule has 176 valence electrons. The quantitative estimate of drug-likeness (QED) is 0.452. The maximum absolute atomic E-state index is 13.8. The number of anilines is 1. The number of halogens is 1. The normalized spacial score (nSPS) is 11.1. The van der Waals surface area contributed by atoms with Crippen LogP contribution in [-0.2, 0) is 16.6 Å². The molecule has 33 heavy (non-hydrogen) atoms. The van der Waals surface area contributed by atoms with E-state index < -0.39 is 15.8 Å². The second kappa shape index (κ2) is 9.99. The number of nitrogens with zero attached hydrogens (tertiary/aromatic N) is 1. The molecule has 9 heteroatoms. The van der Waals surface area contributed by atoms with Crippen molar-refractivity contribution >= 4 is 15.7 Å². The lowest BCUT2D eigenvalue weighted by molar-refractivity contribution is 0.354. The van der Waals surface area contributed by atoms with Crippen LogP contribution in [0.2, 0.25) is 0 Å². The van der Waals surface area contributed by atoms with E-state index in [9.17, 15) is 12.8 Å². The van der Waals surface area contributed by atoms with Crippen molar-refractivity contribution in [2.24, 2.45) is 0 Å². The largest absolute Gasteiger partial charge is 0.493 e. The Bertz CT molecular complexity index is 1250. The van der Waals surface area contributed by atoms with Crippen LogP contribution in [0.3, 0.4) is 0 Å². The molecule has 7 nitrogen and oxygen atoms in total. The molecule has 0 aromatic heterocycles. The highest BCUT2D eigenvalue weighted by Crippen LogP contribution is 2.36. The topological polar surface area (TPSA) is 74.3 Å². The third-order valence-corrected chi connectivity index (χ3v) is 7.07. The molecule has 0 amide bonds. The van der Waals surface area contributed by atoms with E-state index in [2.05, 4.69) is 0 Å². The fourth-order valence-corrected chi connectivity index (χ4v) is 5.11. The first kappa shape index (κ1) is 24.2. The van der Waals surface area contributed by atoms with Crippen LogP contribution in [0.5, 0.6) is 23.0 Å². The molecular weight excluding hydrogens is 449 g/mol. The summed E-state index contributed by atoms with van der Waals surface area (Å²) < 4.78 is 63.8. The van der Waals surface area contributed by atoms with Crippen LogP contribution in [0.25, 0.3) is 0 Å². The fourth-order valence-electron chi connectivity index (χ4n) is 3.46. The van der Waals surface area contributed by atoms with Gasteiger partial charge in [-0.1, -0.05) is 6.07 Å². The minimum Gasteiger partial charge on any atom is -0.493 e. The molecule has 0 fully saturated rings. The Morgan fingerprint density at radius 2 is 1.33 bits per heavy atom. The standard InChI is InChI=1S/C24H26FNO6S/c1-16-12-18(25)7-11-24(16)33(27,28)26(19-8-10-21(30-3)23(14-19)32-5)15-17-6-9-20(29-2)22(13-17)31-4/h6-14H,15H2,1-5H3. The van der Waals surface area contributed by atoms with Gasteiger partial charge >= 0.3 is 0 Å². The molecule has 0 radical (unpaired) electrons. The molecule has 0 unspecified atom stereocenters. The predicted octanol–water partition coefficient (Wildman–Crippen LogP) is 4.56. The van der Waals surface area contributed by atoms with Gasteiger partial charge in [0, 0.05) is 6.07 Å². The van der Waals surface area contributed by atoms with Crippen molar-refractivity contribution in [3.63, 3.8) is 0 Å². The zero-order valence-electron chi connectivity index (χ0n) is 19.1. The number of hydrogen-bond donors (Lipinski definition) is 0. The Morgan fingerprint density at radius 3 is 1.91 bits per heavy atom. The number of benzene rings is 3. The van der Waals surface area contributed by atoms with Crippen molar-refractivity contribution in [1.29, 1.82) is 0 Å². The zero-order chi connectivity index (χ0) is 24.2. The summed E-state index contributed by atoms with van der Waals surface area (Å²) in [6, 6.07) is 13.6. The first-order valence-electron chi connectivity index (χ1n) is 9.97. The van der Waals surface area contributed by atoms with Crippen molar-refractivity contribution in [2.45, 2.75) is 18.4 Å². The lowest BCUT2D eigenvalue weighted by Gasteiger charge is -2.26. The van der Waals surface area contributed by atoms with Crippen molar-refractivity contribution in [1.82, 2.24) is 0 Å². The lowest BCUT2D eigenvalue weighted by atomic mass is 10.2. The summed E-state index contributed by atoms with van der Waals surface area (Å²) in [4.78, 5) is -0.000776. The number of rotatable bonds is 9. The summed E-state index contributed by atoms with van der Waals surface area (Å²) in [5, 5.41) is 0. The molecule has 0 atom stereocenters. The van der Waals surface area contributed by atoms with Gasteiger partial charge < -0.3 is 18.9 Å². The highest BCUT2D eigenvalue weighted by atomic mass is 32.2. The van der Waals surface area contributed by atoms with E-state index in [1.807, 2.05) is 0 Å². The van der Waals surface area contributed by atoms with E-state index >= 15 is 0 Å². The smallest absolute Gasteiger partial charge is 0.264 e. The maximum atomic E-state index is 13.8. The molecule has 3 aromatic rings. The van der Waals surface area contributed by atoms with Crippen LogP contribution in [-0.4, -0.2) is 36.9 Å². The highest BCUT2D eigenvalue weighted by Gasteiger charge is 2.28. The summed E-state index contributed by atoms with van der Waals surface area (Å²) in [6.07, 6.45) is 0. The molecule has 0 aliphatic rings. The van der Waals surface area contributed by atoms with Gasteiger partial charge in [0.05, 0.1) is 45.6 Å². The monoisotopic (exact) mass is 475 g/mol. The van der Waals surface area contributed by atoms with Gasteiger partial charge in [0.2, 0.25) is 0 Å². The number of methoxy groups -OCH3 is 4. The van der Waals surface area contributed by atoms with Gasteiger partial charge in [-0.15, -0.1) is 0 Å². The van der Waals surface area contributed by atoms with Gasteiger partial charge in [0.1, 0.15) is 5.82 Å². The fraction of sp³-hybridized carbons (Fsp3) is 0.250.